The van der Waals surface area contributed by atoms with Crippen LogP contribution in [0.2, 0.25) is 5.02 Å². The highest BCUT2D eigenvalue weighted by Crippen LogP contribution is 2.37. The molecule has 12 nitrogen and oxygen atoms in total. The summed E-state index contributed by atoms with van der Waals surface area (Å²) >= 11 is 6.47. The maximum atomic E-state index is 13.7. The normalized spacial score (nSPS) is 13.8. The molecule has 5 rings (SSSR count). The van der Waals surface area contributed by atoms with E-state index in [0.29, 0.717) is 31.9 Å². The standard InChI is InChI=1S/C26H24ClF3N10O2/c27-19-13-16(1-2-17(19)25(42)38-11-9-37(10-12-38)21(41)3-4-31)35-23-24-34-14-20(40(24)8-6-33-23)18-15-39(7-5-32)36-22(18)26(28,29)30/h1-2,6,8,13-15H,3-4,7,9-12,31H2,(H,33,35). The highest BCUT2D eigenvalue weighted by atomic mass is 35.5. The molecule has 0 aliphatic carbocycles. The number of carbonyl (C=O) groups excluding carboxylic acids is 2. The zero-order chi connectivity index (χ0) is 30.0. The number of hydrogen-bond donors (Lipinski definition) is 2. The molecule has 1 aliphatic heterocycles. The van der Waals surface area contributed by atoms with Gasteiger partial charge in [0.2, 0.25) is 5.91 Å². The monoisotopic (exact) mass is 600 g/mol. The maximum Gasteiger partial charge on any atom is 0.435 e. The van der Waals surface area contributed by atoms with Gasteiger partial charge < -0.3 is 20.9 Å². The van der Waals surface area contributed by atoms with Crippen molar-refractivity contribution in [3.05, 3.63) is 59.3 Å². The number of imidazole rings is 1. The van der Waals surface area contributed by atoms with Gasteiger partial charge in [0.05, 0.1) is 34.1 Å². The van der Waals surface area contributed by atoms with E-state index in [9.17, 15) is 22.8 Å². The average molecular weight is 601 g/mol. The molecule has 0 atom stereocenters. The van der Waals surface area contributed by atoms with E-state index in [1.165, 1.54) is 23.0 Å². The first-order valence-corrected chi connectivity index (χ1v) is 13.2. The number of nitrogens with one attached hydrogen (secondary N) is 1. The van der Waals surface area contributed by atoms with Crippen LogP contribution in [-0.2, 0) is 17.5 Å². The number of nitrogens with two attached hydrogens (primary N) is 1. The molecule has 0 saturated carbocycles. The van der Waals surface area contributed by atoms with Gasteiger partial charge in [0, 0.05) is 63.4 Å². The smallest absolute Gasteiger partial charge is 0.339 e. The summed E-state index contributed by atoms with van der Waals surface area (Å²) in [4.78, 5) is 37.0. The minimum atomic E-state index is -4.75. The van der Waals surface area contributed by atoms with Gasteiger partial charge in [-0.3, -0.25) is 18.7 Å². The lowest BCUT2D eigenvalue weighted by Gasteiger charge is -2.35. The Bertz CT molecular complexity index is 1690. The molecular formula is C26H24ClF3N10O2. The number of fused-ring (bicyclic) bond motifs is 1. The van der Waals surface area contributed by atoms with E-state index < -0.39 is 11.9 Å². The van der Waals surface area contributed by atoms with Crippen molar-refractivity contribution in [1.82, 2.24) is 33.9 Å². The molecule has 0 bridgehead atoms. The fourth-order valence-corrected chi connectivity index (χ4v) is 4.95. The van der Waals surface area contributed by atoms with Crippen LogP contribution in [0, 0.1) is 11.3 Å². The molecule has 3 N–H and O–H groups in total. The van der Waals surface area contributed by atoms with Crippen molar-refractivity contribution < 1.29 is 22.8 Å². The second kappa shape index (κ2) is 11.7. The number of nitriles is 1. The second-order valence-electron chi connectivity index (χ2n) is 9.39. The summed E-state index contributed by atoms with van der Waals surface area (Å²) in [6.07, 6.45) is 0.783. The Balaban J connectivity index is 1.36. The van der Waals surface area contributed by atoms with E-state index in [1.54, 1.807) is 34.1 Å². The largest absolute Gasteiger partial charge is 0.435 e. The van der Waals surface area contributed by atoms with Crippen LogP contribution in [0.25, 0.3) is 16.9 Å². The third-order valence-electron chi connectivity index (χ3n) is 6.71. The predicted molar refractivity (Wildman–Crippen MR) is 146 cm³/mol. The quantitative estimate of drug-likeness (QED) is 0.328. The van der Waals surface area contributed by atoms with Crippen LogP contribution in [0.4, 0.5) is 24.7 Å². The molecular weight excluding hydrogens is 577 g/mol. The van der Waals surface area contributed by atoms with Crippen LogP contribution in [-0.4, -0.2) is 78.5 Å². The van der Waals surface area contributed by atoms with Crippen LogP contribution >= 0.6 is 11.6 Å². The minimum Gasteiger partial charge on any atom is -0.339 e. The Morgan fingerprint density at radius 1 is 1.14 bits per heavy atom. The summed E-state index contributed by atoms with van der Waals surface area (Å²) in [5, 5.41) is 15.7. The topological polar surface area (TPSA) is 150 Å². The zero-order valence-corrected chi connectivity index (χ0v) is 22.7. The van der Waals surface area contributed by atoms with E-state index in [2.05, 4.69) is 20.4 Å². The summed E-state index contributed by atoms with van der Waals surface area (Å²) < 4.78 is 43.5. The highest BCUT2D eigenvalue weighted by molar-refractivity contribution is 6.34. The molecule has 0 radical (unpaired) electrons. The summed E-state index contributed by atoms with van der Waals surface area (Å²) in [5.74, 6) is -0.0794. The van der Waals surface area contributed by atoms with Crippen molar-refractivity contribution in [2.75, 3.05) is 38.0 Å². The molecule has 1 aromatic carbocycles. The molecule has 16 heteroatoms. The zero-order valence-electron chi connectivity index (χ0n) is 22.0. The van der Waals surface area contributed by atoms with Crippen molar-refractivity contribution in [2.45, 2.75) is 19.1 Å². The minimum absolute atomic E-state index is 0.0406. The summed E-state index contributed by atoms with van der Waals surface area (Å²) in [5.41, 5.74) is 5.17. The molecule has 4 aromatic rings. The molecule has 218 valence electrons. The van der Waals surface area contributed by atoms with E-state index in [-0.39, 0.29) is 64.6 Å². The Kier molecular flexibility index (Phi) is 8.01. The Morgan fingerprint density at radius 3 is 2.55 bits per heavy atom. The lowest BCUT2D eigenvalue weighted by atomic mass is 10.1. The summed E-state index contributed by atoms with van der Waals surface area (Å²) in [6, 6.07) is 6.51. The first-order chi connectivity index (χ1) is 20.1. The third kappa shape index (κ3) is 5.71. The second-order valence-corrected chi connectivity index (χ2v) is 9.80. The number of amides is 2. The molecule has 2 amide bonds. The highest BCUT2D eigenvalue weighted by Gasteiger charge is 2.38. The molecule has 1 fully saturated rings. The molecule has 0 spiro atoms. The third-order valence-corrected chi connectivity index (χ3v) is 7.02. The van der Waals surface area contributed by atoms with Crippen LogP contribution in [0.15, 0.2) is 43.0 Å². The Morgan fingerprint density at radius 2 is 1.88 bits per heavy atom. The molecule has 1 saturated heterocycles. The number of hydrogen-bond acceptors (Lipinski definition) is 8. The number of rotatable bonds is 7. The van der Waals surface area contributed by atoms with Gasteiger partial charge in [0.1, 0.15) is 6.54 Å². The summed E-state index contributed by atoms with van der Waals surface area (Å²) in [6.45, 7) is 1.47. The van der Waals surface area contributed by atoms with Gasteiger partial charge in [-0.15, -0.1) is 0 Å². The van der Waals surface area contributed by atoms with Gasteiger partial charge in [0.15, 0.2) is 17.2 Å². The maximum absolute atomic E-state index is 13.7. The van der Waals surface area contributed by atoms with Crippen LogP contribution in [0.3, 0.4) is 0 Å². The molecule has 1 aliphatic rings. The van der Waals surface area contributed by atoms with E-state index in [4.69, 9.17) is 22.6 Å². The first-order valence-electron chi connectivity index (χ1n) is 12.8. The Hall–Kier alpha value is -4.68. The van der Waals surface area contributed by atoms with Crippen LogP contribution in [0.1, 0.15) is 22.5 Å². The van der Waals surface area contributed by atoms with E-state index in [1.807, 2.05) is 0 Å². The fourth-order valence-electron chi connectivity index (χ4n) is 4.69. The fraction of sp³-hybridized carbons (Fsp3) is 0.308. The van der Waals surface area contributed by atoms with Gasteiger partial charge in [-0.2, -0.15) is 23.5 Å². The van der Waals surface area contributed by atoms with E-state index >= 15 is 0 Å². The SMILES string of the molecule is N#CCn1cc(-c2cnc3c(Nc4ccc(C(=O)N5CCN(C(=O)CCN)CC5)c(Cl)c4)nccn23)c(C(F)(F)F)n1. The van der Waals surface area contributed by atoms with Gasteiger partial charge >= 0.3 is 6.18 Å². The van der Waals surface area contributed by atoms with Crippen molar-refractivity contribution in [3.63, 3.8) is 0 Å². The van der Waals surface area contributed by atoms with E-state index in [0.717, 1.165) is 10.9 Å². The number of anilines is 2. The average Bonchev–Trinajstić information content (AvgIpc) is 3.58. The van der Waals surface area contributed by atoms with Gasteiger partial charge in [0.25, 0.3) is 5.91 Å². The number of nitrogens with zero attached hydrogens (tertiary/aromatic N) is 8. The number of aromatic nitrogens is 5. The number of halogens is 4. The number of piperazine rings is 1. The van der Waals surface area contributed by atoms with Crippen molar-refractivity contribution in [2.24, 2.45) is 5.73 Å². The van der Waals surface area contributed by atoms with Crippen molar-refractivity contribution >= 4 is 40.6 Å². The van der Waals surface area contributed by atoms with Crippen LogP contribution < -0.4 is 11.1 Å². The number of benzene rings is 1. The number of carbonyl (C=O) groups is 2. The van der Waals surface area contributed by atoms with Crippen LogP contribution in [0.5, 0.6) is 0 Å². The van der Waals surface area contributed by atoms with Gasteiger partial charge in [-0.1, -0.05) is 11.6 Å². The van der Waals surface area contributed by atoms with Crippen molar-refractivity contribution in [3.8, 4) is 17.3 Å². The molecule has 3 aromatic heterocycles. The summed E-state index contributed by atoms with van der Waals surface area (Å²) in [7, 11) is 0. The lowest BCUT2D eigenvalue weighted by molar-refractivity contribution is -0.141. The Labute approximate surface area is 242 Å². The predicted octanol–water partition coefficient (Wildman–Crippen LogP) is 3.17. The number of alkyl halides is 3. The van der Waals surface area contributed by atoms with Gasteiger partial charge in [-0.05, 0) is 18.2 Å². The molecule has 4 heterocycles. The molecule has 0 unspecified atom stereocenters. The molecule has 42 heavy (non-hydrogen) atoms. The van der Waals surface area contributed by atoms with Crippen molar-refractivity contribution in [1.29, 1.82) is 5.26 Å². The first kappa shape index (κ1) is 28.8. The lowest BCUT2D eigenvalue weighted by Crippen LogP contribution is -2.50. The van der Waals surface area contributed by atoms with Gasteiger partial charge in [-0.25, -0.2) is 9.97 Å².